The third-order valence-corrected chi connectivity index (χ3v) is 7.52. The second-order valence-corrected chi connectivity index (χ2v) is 10.0. The topological polar surface area (TPSA) is 38.3 Å². The Kier molecular flexibility index (Phi) is 5.41. The molecule has 2 aromatic carbocycles. The van der Waals surface area contributed by atoms with Gasteiger partial charge in [-0.15, -0.1) is 0 Å². The van der Waals surface area contributed by atoms with Crippen molar-refractivity contribution in [3.63, 3.8) is 0 Å². The van der Waals surface area contributed by atoms with Crippen LogP contribution in [0.4, 0.5) is 0 Å². The Labute approximate surface area is 180 Å². The summed E-state index contributed by atoms with van der Waals surface area (Å²) in [4.78, 5) is 13.2. The molecule has 0 radical (unpaired) electrons. The number of nitrogens with one attached hydrogen (secondary N) is 1. The largest absolute Gasteiger partial charge is 0.370 e. The van der Waals surface area contributed by atoms with Crippen LogP contribution in [0.3, 0.4) is 0 Å². The summed E-state index contributed by atoms with van der Waals surface area (Å²) in [5.74, 6) is 2.38. The highest BCUT2D eigenvalue weighted by atomic mass is 16.5. The molecule has 0 heterocycles. The van der Waals surface area contributed by atoms with Crippen molar-refractivity contribution in [1.82, 2.24) is 5.32 Å². The minimum absolute atomic E-state index is 0.0393. The van der Waals surface area contributed by atoms with Crippen molar-refractivity contribution in [3.05, 3.63) is 71.8 Å². The zero-order chi connectivity index (χ0) is 20.6. The molecule has 0 aliphatic heterocycles. The van der Waals surface area contributed by atoms with Crippen LogP contribution < -0.4 is 5.32 Å². The van der Waals surface area contributed by atoms with Crippen LogP contribution in [0, 0.1) is 17.8 Å². The molecule has 2 aromatic rings. The van der Waals surface area contributed by atoms with Gasteiger partial charge in [-0.05, 0) is 74.3 Å². The van der Waals surface area contributed by atoms with E-state index in [4.69, 9.17) is 4.74 Å². The standard InChI is InChI=1S/C27H33NO2/c1-19(30-27-15-20-12-21(16-27)14-22(13-20)17-27)18-28-26(29)25(23-8-4-2-5-9-23)24-10-6-3-7-11-24/h2-11,19-22,25H,12-18H2,1H3,(H,28,29)/t19-,20?,21?,22?,27?/m0/s1. The molecule has 4 bridgehead atoms. The van der Waals surface area contributed by atoms with Gasteiger partial charge in [-0.2, -0.15) is 0 Å². The van der Waals surface area contributed by atoms with Gasteiger partial charge in [-0.1, -0.05) is 60.7 Å². The molecule has 1 amide bonds. The first-order valence-electron chi connectivity index (χ1n) is 11.7. The summed E-state index contributed by atoms with van der Waals surface area (Å²) in [5, 5.41) is 3.20. The predicted octanol–water partition coefficient (Wildman–Crippen LogP) is 5.31. The van der Waals surface area contributed by atoms with Gasteiger partial charge in [0.15, 0.2) is 0 Å². The summed E-state index contributed by atoms with van der Waals surface area (Å²) in [5.41, 5.74) is 2.13. The van der Waals surface area contributed by atoms with E-state index in [2.05, 4.69) is 12.2 Å². The molecule has 4 fully saturated rings. The smallest absolute Gasteiger partial charge is 0.232 e. The van der Waals surface area contributed by atoms with E-state index >= 15 is 0 Å². The fraction of sp³-hybridized carbons (Fsp3) is 0.519. The first kappa shape index (κ1) is 19.8. The number of hydrogen-bond acceptors (Lipinski definition) is 2. The Morgan fingerprint density at radius 2 is 1.37 bits per heavy atom. The van der Waals surface area contributed by atoms with E-state index in [0.29, 0.717) is 6.54 Å². The SMILES string of the molecule is C[C@@H](CNC(=O)C(c1ccccc1)c1ccccc1)OC12CC3CC(CC(C3)C1)C2. The number of hydrogen-bond donors (Lipinski definition) is 1. The Morgan fingerprint density at radius 1 is 0.900 bits per heavy atom. The van der Waals surface area contributed by atoms with Crippen LogP contribution in [-0.2, 0) is 9.53 Å². The summed E-state index contributed by atoms with van der Waals surface area (Å²) in [7, 11) is 0. The first-order valence-corrected chi connectivity index (χ1v) is 11.7. The molecule has 1 atom stereocenters. The van der Waals surface area contributed by atoms with Crippen molar-refractivity contribution < 1.29 is 9.53 Å². The second kappa shape index (κ2) is 8.19. The highest BCUT2D eigenvalue weighted by Crippen LogP contribution is 2.57. The number of carbonyl (C=O) groups is 1. The van der Waals surface area contributed by atoms with Crippen molar-refractivity contribution in [2.24, 2.45) is 17.8 Å². The summed E-state index contributed by atoms with van der Waals surface area (Å²) < 4.78 is 6.68. The lowest BCUT2D eigenvalue weighted by Crippen LogP contribution is -2.54. The lowest BCUT2D eigenvalue weighted by molar-refractivity contribution is -0.183. The zero-order valence-corrected chi connectivity index (χ0v) is 17.9. The Hall–Kier alpha value is -2.13. The van der Waals surface area contributed by atoms with Crippen molar-refractivity contribution in [2.75, 3.05) is 6.54 Å². The minimum Gasteiger partial charge on any atom is -0.370 e. The summed E-state index contributed by atoms with van der Waals surface area (Å²) in [6, 6.07) is 20.1. The maximum atomic E-state index is 13.2. The molecule has 0 spiro atoms. The molecule has 3 heteroatoms. The van der Waals surface area contributed by atoms with Gasteiger partial charge in [-0.3, -0.25) is 4.79 Å². The molecular weight excluding hydrogens is 370 g/mol. The number of benzene rings is 2. The average Bonchev–Trinajstić information content (AvgIpc) is 2.73. The van der Waals surface area contributed by atoms with E-state index in [1.807, 2.05) is 60.7 Å². The van der Waals surface area contributed by atoms with Gasteiger partial charge < -0.3 is 10.1 Å². The van der Waals surface area contributed by atoms with Crippen LogP contribution >= 0.6 is 0 Å². The number of carbonyl (C=O) groups excluding carboxylic acids is 1. The highest BCUT2D eigenvalue weighted by molar-refractivity contribution is 5.87. The van der Waals surface area contributed by atoms with E-state index < -0.39 is 0 Å². The molecule has 0 saturated heterocycles. The van der Waals surface area contributed by atoms with Crippen LogP contribution in [-0.4, -0.2) is 24.2 Å². The molecule has 30 heavy (non-hydrogen) atoms. The van der Waals surface area contributed by atoms with E-state index in [1.165, 1.54) is 38.5 Å². The quantitative estimate of drug-likeness (QED) is 0.680. The van der Waals surface area contributed by atoms with Crippen molar-refractivity contribution in [2.45, 2.75) is 63.1 Å². The van der Waals surface area contributed by atoms with Crippen LogP contribution in [0.5, 0.6) is 0 Å². The third kappa shape index (κ3) is 4.05. The Bertz CT molecular complexity index is 788. The molecule has 1 N–H and O–H groups in total. The number of amides is 1. The van der Waals surface area contributed by atoms with Crippen molar-refractivity contribution >= 4 is 5.91 Å². The maximum absolute atomic E-state index is 13.2. The lowest BCUT2D eigenvalue weighted by atomic mass is 9.54. The molecule has 6 rings (SSSR count). The summed E-state index contributed by atoms with van der Waals surface area (Å²) in [6.45, 7) is 2.69. The fourth-order valence-corrected chi connectivity index (χ4v) is 6.78. The molecule has 4 aliphatic carbocycles. The van der Waals surface area contributed by atoms with E-state index in [0.717, 1.165) is 28.9 Å². The van der Waals surface area contributed by atoms with Gasteiger partial charge in [0, 0.05) is 6.54 Å². The molecule has 0 aromatic heterocycles. The van der Waals surface area contributed by atoms with E-state index in [-0.39, 0.29) is 23.5 Å². The monoisotopic (exact) mass is 403 g/mol. The van der Waals surface area contributed by atoms with Crippen LogP contribution in [0.2, 0.25) is 0 Å². The molecule has 3 nitrogen and oxygen atoms in total. The van der Waals surface area contributed by atoms with E-state index in [9.17, 15) is 4.79 Å². The summed E-state index contributed by atoms with van der Waals surface area (Å²) >= 11 is 0. The van der Waals surface area contributed by atoms with Crippen LogP contribution in [0.25, 0.3) is 0 Å². The second-order valence-electron chi connectivity index (χ2n) is 10.0. The Balaban J connectivity index is 1.24. The molecular formula is C27H33NO2. The predicted molar refractivity (Wildman–Crippen MR) is 119 cm³/mol. The maximum Gasteiger partial charge on any atom is 0.232 e. The molecule has 158 valence electrons. The van der Waals surface area contributed by atoms with E-state index in [1.54, 1.807) is 0 Å². The zero-order valence-electron chi connectivity index (χ0n) is 17.9. The average molecular weight is 404 g/mol. The van der Waals surface area contributed by atoms with Crippen molar-refractivity contribution in [3.8, 4) is 0 Å². The van der Waals surface area contributed by atoms with Gasteiger partial charge >= 0.3 is 0 Å². The van der Waals surface area contributed by atoms with Gasteiger partial charge in [-0.25, -0.2) is 0 Å². The third-order valence-electron chi connectivity index (χ3n) is 7.52. The number of rotatable bonds is 7. The van der Waals surface area contributed by atoms with Crippen LogP contribution in [0.15, 0.2) is 60.7 Å². The molecule has 4 saturated carbocycles. The first-order chi connectivity index (χ1) is 14.6. The van der Waals surface area contributed by atoms with Gasteiger partial charge in [0.25, 0.3) is 0 Å². The molecule has 0 unspecified atom stereocenters. The van der Waals surface area contributed by atoms with Gasteiger partial charge in [0.1, 0.15) is 0 Å². The van der Waals surface area contributed by atoms with Gasteiger partial charge in [0.05, 0.1) is 17.6 Å². The number of ether oxygens (including phenoxy) is 1. The van der Waals surface area contributed by atoms with Crippen LogP contribution in [0.1, 0.15) is 62.5 Å². The Morgan fingerprint density at radius 3 is 1.83 bits per heavy atom. The van der Waals surface area contributed by atoms with Crippen molar-refractivity contribution in [1.29, 1.82) is 0 Å². The fourth-order valence-electron chi connectivity index (χ4n) is 6.78. The van der Waals surface area contributed by atoms with Gasteiger partial charge in [0.2, 0.25) is 5.91 Å². The minimum atomic E-state index is -0.292. The lowest BCUT2D eigenvalue weighted by Gasteiger charge is -2.57. The highest BCUT2D eigenvalue weighted by Gasteiger charge is 2.52. The molecule has 4 aliphatic rings. The normalized spacial score (nSPS) is 30.4. The summed E-state index contributed by atoms with van der Waals surface area (Å²) in [6.07, 6.45) is 7.99.